The molecule has 0 radical (unpaired) electrons. The Morgan fingerprint density at radius 2 is 2.00 bits per heavy atom. The lowest BCUT2D eigenvalue weighted by Gasteiger charge is -2.04. The topological polar surface area (TPSA) is 65.0 Å². The van der Waals surface area contributed by atoms with E-state index in [4.69, 9.17) is 32.7 Å². The average Bonchev–Trinajstić information content (AvgIpc) is 2.98. The number of halogens is 2. The summed E-state index contributed by atoms with van der Waals surface area (Å²) in [4.78, 5) is 28.0. The number of hydrogen-bond acceptors (Lipinski definition) is 5. The molecule has 27 heavy (non-hydrogen) atoms. The largest absolute Gasteiger partial charge is 0.427 e. The molecule has 0 amide bonds. The first-order valence-corrected chi connectivity index (χ1v) is 9.00. The van der Waals surface area contributed by atoms with Crippen LogP contribution in [0.5, 0.6) is 5.75 Å². The van der Waals surface area contributed by atoms with Crippen LogP contribution in [0.2, 0.25) is 10.0 Å². The minimum Gasteiger partial charge on any atom is -0.427 e. The van der Waals surface area contributed by atoms with Gasteiger partial charge in [0.15, 0.2) is 5.70 Å². The molecule has 2 aromatic carbocycles. The highest BCUT2D eigenvalue weighted by molar-refractivity contribution is 6.42. The van der Waals surface area contributed by atoms with E-state index in [9.17, 15) is 9.59 Å². The van der Waals surface area contributed by atoms with Crippen LogP contribution in [0.1, 0.15) is 30.9 Å². The number of benzene rings is 2. The van der Waals surface area contributed by atoms with Gasteiger partial charge in [0.05, 0.1) is 10.0 Å². The van der Waals surface area contributed by atoms with Crippen LogP contribution in [-0.2, 0) is 14.3 Å². The molecule has 0 spiro atoms. The van der Waals surface area contributed by atoms with Crippen molar-refractivity contribution in [1.29, 1.82) is 0 Å². The second-order valence-electron chi connectivity index (χ2n) is 5.76. The van der Waals surface area contributed by atoms with Gasteiger partial charge in [-0.25, -0.2) is 9.79 Å². The highest BCUT2D eigenvalue weighted by atomic mass is 35.5. The lowest BCUT2D eigenvalue weighted by molar-refractivity contribution is -0.134. The lowest BCUT2D eigenvalue weighted by atomic mass is 10.2. The molecule has 7 heteroatoms. The first-order chi connectivity index (χ1) is 13.0. The van der Waals surface area contributed by atoms with E-state index in [-0.39, 0.29) is 17.6 Å². The summed E-state index contributed by atoms with van der Waals surface area (Å²) < 4.78 is 10.5. The number of nitrogens with zero attached hydrogens (tertiary/aromatic N) is 1. The zero-order valence-corrected chi connectivity index (χ0v) is 15.9. The Kier molecular flexibility index (Phi) is 5.94. The molecule has 0 saturated carbocycles. The van der Waals surface area contributed by atoms with Crippen molar-refractivity contribution in [2.45, 2.75) is 19.8 Å². The SMILES string of the molecule is CCCC(=O)Oc1cccc(/C=C2\N=C(c3ccc(Cl)c(Cl)c3)OC2=O)c1. The number of ether oxygens (including phenoxy) is 2. The van der Waals surface area contributed by atoms with Gasteiger partial charge in [-0.2, -0.15) is 0 Å². The molecule has 0 bridgehead atoms. The summed E-state index contributed by atoms with van der Waals surface area (Å²) in [5.41, 5.74) is 1.33. The summed E-state index contributed by atoms with van der Waals surface area (Å²) in [6, 6.07) is 11.7. The normalized spacial score (nSPS) is 14.9. The molecule has 1 aliphatic rings. The third-order valence-corrected chi connectivity index (χ3v) is 4.37. The molecule has 0 aliphatic carbocycles. The second kappa shape index (κ2) is 8.37. The van der Waals surface area contributed by atoms with E-state index >= 15 is 0 Å². The van der Waals surface area contributed by atoms with Crippen LogP contribution in [0.25, 0.3) is 6.08 Å². The fourth-order valence-electron chi connectivity index (χ4n) is 2.37. The number of rotatable bonds is 5. The zero-order chi connectivity index (χ0) is 19.4. The van der Waals surface area contributed by atoms with E-state index in [1.54, 1.807) is 48.5 Å². The van der Waals surface area contributed by atoms with Crippen molar-refractivity contribution >= 4 is 47.1 Å². The number of carbonyl (C=O) groups is 2. The standard InChI is InChI=1S/C20H15Cl2NO4/c1-2-4-18(24)26-14-6-3-5-12(9-14)10-17-20(25)27-19(23-17)13-7-8-15(21)16(22)11-13/h3,5-11H,2,4H2,1H3/b17-10-. The van der Waals surface area contributed by atoms with E-state index < -0.39 is 5.97 Å². The maximum Gasteiger partial charge on any atom is 0.363 e. The van der Waals surface area contributed by atoms with Gasteiger partial charge in [-0.15, -0.1) is 0 Å². The van der Waals surface area contributed by atoms with Gasteiger partial charge in [0.25, 0.3) is 0 Å². The van der Waals surface area contributed by atoms with Gasteiger partial charge in [-0.3, -0.25) is 4.79 Å². The third kappa shape index (κ3) is 4.76. The molecular weight excluding hydrogens is 389 g/mol. The molecule has 0 atom stereocenters. The molecular formula is C20H15Cl2NO4. The van der Waals surface area contributed by atoms with Crippen molar-refractivity contribution in [2.75, 3.05) is 0 Å². The van der Waals surface area contributed by atoms with E-state index in [0.717, 1.165) is 0 Å². The van der Waals surface area contributed by atoms with Crippen molar-refractivity contribution in [3.63, 3.8) is 0 Å². The molecule has 2 aromatic rings. The Morgan fingerprint density at radius 1 is 1.19 bits per heavy atom. The van der Waals surface area contributed by atoms with Gasteiger partial charge < -0.3 is 9.47 Å². The summed E-state index contributed by atoms with van der Waals surface area (Å²) in [5, 5.41) is 0.738. The number of carbonyl (C=O) groups excluding carboxylic acids is 2. The van der Waals surface area contributed by atoms with Crippen LogP contribution in [0, 0.1) is 0 Å². The Morgan fingerprint density at radius 3 is 2.74 bits per heavy atom. The number of esters is 2. The summed E-state index contributed by atoms with van der Waals surface area (Å²) in [5.74, 6) is -0.329. The van der Waals surface area contributed by atoms with Crippen LogP contribution in [-0.4, -0.2) is 17.8 Å². The van der Waals surface area contributed by atoms with E-state index in [0.29, 0.717) is 39.8 Å². The predicted octanol–water partition coefficient (Wildman–Crippen LogP) is 5.04. The monoisotopic (exact) mass is 403 g/mol. The Labute approximate surface area is 166 Å². The third-order valence-electron chi connectivity index (χ3n) is 3.63. The summed E-state index contributed by atoms with van der Waals surface area (Å²) in [6.07, 6.45) is 2.61. The van der Waals surface area contributed by atoms with Crippen molar-refractivity contribution in [2.24, 2.45) is 4.99 Å². The smallest absolute Gasteiger partial charge is 0.363 e. The van der Waals surface area contributed by atoms with Gasteiger partial charge in [0.1, 0.15) is 5.75 Å². The van der Waals surface area contributed by atoms with E-state index in [2.05, 4.69) is 4.99 Å². The van der Waals surface area contributed by atoms with Gasteiger partial charge in [-0.1, -0.05) is 42.3 Å². The molecule has 138 valence electrons. The Bertz CT molecular complexity index is 966. The maximum absolute atomic E-state index is 12.1. The minimum absolute atomic E-state index is 0.133. The van der Waals surface area contributed by atoms with Crippen LogP contribution in [0.15, 0.2) is 53.2 Å². The van der Waals surface area contributed by atoms with Crippen LogP contribution in [0.3, 0.4) is 0 Å². The lowest BCUT2D eigenvalue weighted by Crippen LogP contribution is -2.06. The molecule has 0 saturated heterocycles. The summed E-state index contributed by atoms with van der Waals surface area (Å²) >= 11 is 11.9. The Balaban J connectivity index is 1.84. The van der Waals surface area contributed by atoms with Crippen LogP contribution < -0.4 is 4.74 Å². The molecule has 0 unspecified atom stereocenters. The fourth-order valence-corrected chi connectivity index (χ4v) is 2.67. The molecule has 1 heterocycles. The summed E-state index contributed by atoms with van der Waals surface area (Å²) in [7, 11) is 0. The first-order valence-electron chi connectivity index (χ1n) is 8.25. The summed E-state index contributed by atoms with van der Waals surface area (Å²) in [6.45, 7) is 1.90. The van der Waals surface area contributed by atoms with Crippen molar-refractivity contribution in [1.82, 2.24) is 0 Å². The average molecular weight is 404 g/mol. The Hall–Kier alpha value is -2.63. The van der Waals surface area contributed by atoms with E-state index in [1.165, 1.54) is 0 Å². The molecule has 0 aromatic heterocycles. The first kappa shape index (κ1) is 19.1. The highest BCUT2D eigenvalue weighted by Crippen LogP contribution is 2.26. The van der Waals surface area contributed by atoms with Gasteiger partial charge >= 0.3 is 11.9 Å². The van der Waals surface area contributed by atoms with E-state index in [1.807, 2.05) is 6.92 Å². The molecule has 0 N–H and O–H groups in total. The maximum atomic E-state index is 12.1. The quantitative estimate of drug-likeness (QED) is 0.398. The molecule has 5 nitrogen and oxygen atoms in total. The predicted molar refractivity (Wildman–Crippen MR) is 104 cm³/mol. The minimum atomic E-state index is -0.579. The van der Waals surface area contributed by atoms with Gasteiger partial charge in [-0.05, 0) is 48.4 Å². The number of cyclic esters (lactones) is 1. The fraction of sp³-hybridized carbons (Fsp3) is 0.150. The zero-order valence-electron chi connectivity index (χ0n) is 14.4. The molecule has 0 fully saturated rings. The van der Waals surface area contributed by atoms with Crippen molar-refractivity contribution < 1.29 is 19.1 Å². The molecule has 3 rings (SSSR count). The highest BCUT2D eigenvalue weighted by Gasteiger charge is 2.24. The van der Waals surface area contributed by atoms with Crippen molar-refractivity contribution in [3.8, 4) is 5.75 Å². The van der Waals surface area contributed by atoms with Crippen LogP contribution in [0.4, 0.5) is 0 Å². The van der Waals surface area contributed by atoms with Gasteiger partial charge in [0, 0.05) is 12.0 Å². The number of aliphatic imine (C=N–C) groups is 1. The van der Waals surface area contributed by atoms with Gasteiger partial charge in [0.2, 0.25) is 5.90 Å². The molecule has 1 aliphatic heterocycles. The second-order valence-corrected chi connectivity index (χ2v) is 6.58. The van der Waals surface area contributed by atoms with Crippen molar-refractivity contribution in [3.05, 3.63) is 69.3 Å². The van der Waals surface area contributed by atoms with Crippen LogP contribution >= 0.6 is 23.2 Å². The number of hydrogen-bond donors (Lipinski definition) is 0.